The van der Waals surface area contributed by atoms with Crippen LogP contribution in [0, 0.1) is 0 Å². The van der Waals surface area contributed by atoms with Gasteiger partial charge in [0.1, 0.15) is 0 Å². The number of carbonyl (C=O) groups is 1. The van der Waals surface area contributed by atoms with Gasteiger partial charge in [-0.3, -0.25) is 9.69 Å². The molecule has 1 atom stereocenters. The summed E-state index contributed by atoms with van der Waals surface area (Å²) in [5.74, 6) is 0.167. The number of Topliss-reactive ketones (excluding diaryl/α,β-unsaturated/α-hetero) is 1. The maximum Gasteiger partial charge on any atom is 0.179 e. The van der Waals surface area contributed by atoms with Crippen LogP contribution in [0.1, 0.15) is 42.1 Å². The Kier molecular flexibility index (Phi) is 5.57. The lowest BCUT2D eigenvalue weighted by atomic mass is 9.83. The Bertz CT molecular complexity index is 706. The van der Waals surface area contributed by atoms with Crippen molar-refractivity contribution in [2.24, 2.45) is 0 Å². The fourth-order valence-corrected chi connectivity index (χ4v) is 3.78. The molecule has 1 heterocycles. The number of benzene rings is 2. The molecule has 0 spiro atoms. The first-order valence-corrected chi connectivity index (χ1v) is 9.23. The molecular weight excluding hydrogens is 334 g/mol. The molecule has 0 aliphatic carbocycles. The number of rotatable bonds is 5. The molecule has 4 heteroatoms. The van der Waals surface area contributed by atoms with E-state index in [1.54, 1.807) is 0 Å². The van der Waals surface area contributed by atoms with Crippen LogP contribution >= 0.6 is 11.6 Å². The smallest absolute Gasteiger partial charge is 0.179 e. The summed E-state index contributed by atoms with van der Waals surface area (Å²) in [5, 5.41) is 11.7. The third-order valence-electron chi connectivity index (χ3n) is 5.20. The number of aliphatic hydroxyl groups is 1. The third-order valence-corrected chi connectivity index (χ3v) is 5.45. The van der Waals surface area contributed by atoms with E-state index < -0.39 is 5.60 Å². The van der Waals surface area contributed by atoms with Crippen LogP contribution < -0.4 is 0 Å². The third kappa shape index (κ3) is 3.95. The molecule has 2 aromatic rings. The van der Waals surface area contributed by atoms with Crippen LogP contribution in [-0.4, -0.2) is 34.9 Å². The lowest BCUT2D eigenvalue weighted by molar-refractivity contribution is -0.0336. The largest absolute Gasteiger partial charge is 0.385 e. The zero-order valence-corrected chi connectivity index (χ0v) is 15.2. The predicted octanol–water partition coefficient (Wildman–Crippen LogP) is 4.28. The summed E-state index contributed by atoms with van der Waals surface area (Å²) in [7, 11) is 0. The number of piperidine rings is 1. The van der Waals surface area contributed by atoms with E-state index in [0.29, 0.717) is 31.0 Å². The maximum absolute atomic E-state index is 12.8. The molecule has 132 valence electrons. The van der Waals surface area contributed by atoms with Crippen molar-refractivity contribution >= 4 is 17.4 Å². The van der Waals surface area contributed by atoms with Gasteiger partial charge in [-0.05, 0) is 37.0 Å². The van der Waals surface area contributed by atoms with E-state index >= 15 is 0 Å². The summed E-state index contributed by atoms with van der Waals surface area (Å²) >= 11 is 5.95. The van der Waals surface area contributed by atoms with Crippen LogP contribution in [0.15, 0.2) is 54.6 Å². The van der Waals surface area contributed by atoms with Gasteiger partial charge in [0.25, 0.3) is 0 Å². The molecule has 25 heavy (non-hydrogen) atoms. The van der Waals surface area contributed by atoms with Gasteiger partial charge in [0.2, 0.25) is 0 Å². The first-order chi connectivity index (χ1) is 12.0. The van der Waals surface area contributed by atoms with Crippen LogP contribution in [0.4, 0.5) is 0 Å². The van der Waals surface area contributed by atoms with Crippen molar-refractivity contribution in [1.82, 2.24) is 4.90 Å². The van der Waals surface area contributed by atoms with Crippen LogP contribution in [-0.2, 0) is 5.60 Å². The highest BCUT2D eigenvalue weighted by molar-refractivity contribution is 6.30. The van der Waals surface area contributed by atoms with Crippen molar-refractivity contribution in [3.63, 3.8) is 0 Å². The first kappa shape index (κ1) is 18.1. The van der Waals surface area contributed by atoms with Gasteiger partial charge in [0.15, 0.2) is 5.78 Å². The highest BCUT2D eigenvalue weighted by atomic mass is 35.5. The van der Waals surface area contributed by atoms with Gasteiger partial charge < -0.3 is 5.11 Å². The zero-order chi connectivity index (χ0) is 17.9. The highest BCUT2D eigenvalue weighted by Gasteiger charge is 2.37. The minimum Gasteiger partial charge on any atom is -0.385 e. The molecule has 1 aliphatic heterocycles. The molecular formula is C21H24ClNO2. The molecule has 0 radical (unpaired) electrons. The monoisotopic (exact) mass is 357 g/mol. The summed E-state index contributed by atoms with van der Waals surface area (Å²) < 4.78 is 0. The molecule has 1 aliphatic rings. The Balaban J connectivity index is 1.70. The minimum atomic E-state index is -0.838. The van der Waals surface area contributed by atoms with Crippen LogP contribution in [0.5, 0.6) is 0 Å². The van der Waals surface area contributed by atoms with Gasteiger partial charge in [-0.15, -0.1) is 0 Å². The fourth-order valence-electron chi connectivity index (χ4n) is 3.66. The fraction of sp³-hybridized carbons (Fsp3) is 0.381. The number of hydrogen-bond donors (Lipinski definition) is 1. The number of ketones is 1. The quantitative estimate of drug-likeness (QED) is 0.812. The van der Waals surface area contributed by atoms with Crippen molar-refractivity contribution in [2.45, 2.75) is 37.8 Å². The molecule has 0 saturated carbocycles. The van der Waals surface area contributed by atoms with E-state index in [4.69, 9.17) is 11.6 Å². The molecule has 0 amide bonds. The van der Waals surface area contributed by atoms with E-state index in [1.807, 2.05) is 61.5 Å². The zero-order valence-electron chi connectivity index (χ0n) is 14.5. The topological polar surface area (TPSA) is 40.5 Å². The Hall–Kier alpha value is -1.68. The van der Waals surface area contributed by atoms with Crippen molar-refractivity contribution in [1.29, 1.82) is 0 Å². The molecule has 3 nitrogen and oxygen atoms in total. The summed E-state index contributed by atoms with van der Waals surface area (Å²) in [5.41, 5.74) is 0.821. The average molecular weight is 358 g/mol. The Morgan fingerprint density at radius 2 is 1.72 bits per heavy atom. The van der Waals surface area contributed by atoms with Gasteiger partial charge in [0, 0.05) is 23.7 Å². The average Bonchev–Trinajstić information content (AvgIpc) is 2.65. The van der Waals surface area contributed by atoms with Gasteiger partial charge in [-0.25, -0.2) is 0 Å². The number of hydrogen-bond acceptors (Lipinski definition) is 3. The summed E-state index contributed by atoms with van der Waals surface area (Å²) in [6, 6.07) is 16.8. The molecule has 1 unspecified atom stereocenters. The number of nitrogens with zero attached hydrogens (tertiary/aromatic N) is 1. The van der Waals surface area contributed by atoms with E-state index in [2.05, 4.69) is 4.90 Å². The standard InChI is InChI=1S/C21H24ClNO2/c1-2-19(20(24)16-6-4-3-5-7-16)23-14-12-21(25,13-15-23)17-8-10-18(22)11-9-17/h3-11,19,25H,2,12-15H2,1H3. The molecule has 0 aromatic heterocycles. The number of carbonyl (C=O) groups excluding carboxylic acids is 1. The highest BCUT2D eigenvalue weighted by Crippen LogP contribution is 2.34. The normalized spacial score (nSPS) is 18.7. The molecule has 1 fully saturated rings. The lowest BCUT2D eigenvalue weighted by Gasteiger charge is -2.41. The molecule has 3 rings (SSSR count). The van der Waals surface area contributed by atoms with Crippen LogP contribution in [0.3, 0.4) is 0 Å². The second-order valence-electron chi connectivity index (χ2n) is 6.73. The van der Waals surface area contributed by atoms with Crippen molar-refractivity contribution < 1.29 is 9.90 Å². The second kappa shape index (κ2) is 7.69. The summed E-state index contributed by atoms with van der Waals surface area (Å²) in [6.07, 6.45) is 2.01. The maximum atomic E-state index is 12.8. The number of likely N-dealkylation sites (tertiary alicyclic amines) is 1. The SMILES string of the molecule is CCC(C(=O)c1ccccc1)N1CCC(O)(c2ccc(Cl)cc2)CC1. The van der Waals surface area contributed by atoms with E-state index in [1.165, 1.54) is 0 Å². The molecule has 0 bridgehead atoms. The van der Waals surface area contributed by atoms with Crippen LogP contribution in [0.2, 0.25) is 5.02 Å². The lowest BCUT2D eigenvalue weighted by Crippen LogP contribution is -2.49. The van der Waals surface area contributed by atoms with E-state index in [9.17, 15) is 9.90 Å². The predicted molar refractivity (Wildman–Crippen MR) is 101 cm³/mol. The van der Waals surface area contributed by atoms with Gasteiger partial charge in [-0.1, -0.05) is 61.0 Å². The Morgan fingerprint density at radius 1 is 1.12 bits per heavy atom. The molecule has 1 saturated heterocycles. The van der Waals surface area contributed by atoms with Crippen molar-refractivity contribution in [3.05, 3.63) is 70.7 Å². The summed E-state index contributed by atoms with van der Waals surface area (Å²) in [6.45, 7) is 3.46. The van der Waals surface area contributed by atoms with Crippen molar-refractivity contribution in [3.8, 4) is 0 Å². The van der Waals surface area contributed by atoms with Gasteiger partial charge in [0.05, 0.1) is 11.6 Å². The van der Waals surface area contributed by atoms with Crippen LogP contribution in [0.25, 0.3) is 0 Å². The molecule has 1 N–H and O–H groups in total. The van der Waals surface area contributed by atoms with Gasteiger partial charge in [-0.2, -0.15) is 0 Å². The van der Waals surface area contributed by atoms with Crippen molar-refractivity contribution in [2.75, 3.05) is 13.1 Å². The number of halogens is 1. The van der Waals surface area contributed by atoms with E-state index in [-0.39, 0.29) is 11.8 Å². The summed E-state index contributed by atoms with van der Waals surface area (Å²) in [4.78, 5) is 15.0. The van der Waals surface area contributed by atoms with Gasteiger partial charge >= 0.3 is 0 Å². The Morgan fingerprint density at radius 3 is 2.28 bits per heavy atom. The minimum absolute atomic E-state index is 0.128. The molecule has 2 aromatic carbocycles. The first-order valence-electron chi connectivity index (χ1n) is 8.85. The second-order valence-corrected chi connectivity index (χ2v) is 7.17. The Labute approximate surface area is 154 Å². The van der Waals surface area contributed by atoms with E-state index in [0.717, 1.165) is 17.5 Å².